The zero-order valence-corrected chi connectivity index (χ0v) is 14.6. The third-order valence-corrected chi connectivity index (χ3v) is 4.14. The van der Waals surface area contributed by atoms with Crippen molar-refractivity contribution in [1.29, 1.82) is 0 Å². The second-order valence-electron chi connectivity index (χ2n) is 5.57. The predicted molar refractivity (Wildman–Crippen MR) is 94.2 cm³/mol. The summed E-state index contributed by atoms with van der Waals surface area (Å²) in [6, 6.07) is 8.88. The van der Waals surface area contributed by atoms with Crippen LogP contribution in [0.25, 0.3) is 0 Å². The Bertz CT molecular complexity index is 718. The lowest BCUT2D eigenvalue weighted by atomic mass is 10.3. The molecule has 0 atom stereocenters. The Morgan fingerprint density at radius 2 is 1.88 bits per heavy atom. The number of aromatic nitrogens is 2. The van der Waals surface area contributed by atoms with E-state index < -0.39 is 0 Å². The Balaban J connectivity index is 1.62. The van der Waals surface area contributed by atoms with Crippen molar-refractivity contribution in [3.8, 4) is 11.6 Å². The minimum atomic E-state index is 0.0107. The molecule has 7 nitrogen and oxygen atoms in total. The molecular weight excluding hydrogens is 344 g/mol. The SMILES string of the molecule is COCC(=O)N1CCN(c2cc(Oc3ccc(Cl)cc3)ncn2)CC1. The van der Waals surface area contributed by atoms with Gasteiger partial charge in [0.1, 0.15) is 24.5 Å². The molecule has 1 fully saturated rings. The molecule has 1 saturated heterocycles. The van der Waals surface area contributed by atoms with Gasteiger partial charge in [-0.05, 0) is 24.3 Å². The maximum atomic E-state index is 11.8. The molecule has 2 aromatic rings. The van der Waals surface area contributed by atoms with E-state index in [0.29, 0.717) is 42.8 Å². The minimum Gasteiger partial charge on any atom is -0.439 e. The number of hydrogen-bond donors (Lipinski definition) is 0. The van der Waals surface area contributed by atoms with Crippen LogP contribution < -0.4 is 9.64 Å². The summed E-state index contributed by atoms with van der Waals surface area (Å²) in [5, 5.41) is 0.650. The van der Waals surface area contributed by atoms with Gasteiger partial charge < -0.3 is 19.3 Å². The lowest BCUT2D eigenvalue weighted by Gasteiger charge is -2.35. The number of nitrogens with zero attached hydrogens (tertiary/aromatic N) is 4. The van der Waals surface area contributed by atoms with Gasteiger partial charge in [-0.15, -0.1) is 0 Å². The lowest BCUT2D eigenvalue weighted by Crippen LogP contribution is -2.50. The molecule has 8 heteroatoms. The van der Waals surface area contributed by atoms with Crippen LogP contribution in [0.15, 0.2) is 36.7 Å². The number of carbonyl (C=O) groups is 1. The molecule has 0 aliphatic carbocycles. The van der Waals surface area contributed by atoms with Crippen molar-refractivity contribution in [2.45, 2.75) is 0 Å². The molecule has 0 bridgehead atoms. The van der Waals surface area contributed by atoms with Crippen molar-refractivity contribution in [1.82, 2.24) is 14.9 Å². The van der Waals surface area contributed by atoms with E-state index in [1.54, 1.807) is 35.2 Å². The summed E-state index contributed by atoms with van der Waals surface area (Å²) in [5.74, 6) is 1.91. The predicted octanol–water partition coefficient (Wildman–Crippen LogP) is 2.22. The van der Waals surface area contributed by atoms with E-state index in [1.165, 1.54) is 13.4 Å². The molecule has 0 unspecified atom stereocenters. The second kappa shape index (κ2) is 8.13. The van der Waals surface area contributed by atoms with Gasteiger partial charge in [-0.1, -0.05) is 11.6 Å². The van der Waals surface area contributed by atoms with E-state index in [9.17, 15) is 4.79 Å². The molecule has 1 aromatic carbocycles. The molecule has 0 saturated carbocycles. The third-order valence-electron chi connectivity index (χ3n) is 3.89. The first kappa shape index (κ1) is 17.4. The molecule has 1 aromatic heterocycles. The van der Waals surface area contributed by atoms with Gasteiger partial charge in [0.25, 0.3) is 0 Å². The van der Waals surface area contributed by atoms with Gasteiger partial charge in [0, 0.05) is 44.4 Å². The van der Waals surface area contributed by atoms with Crippen LogP contribution in [-0.4, -0.2) is 60.7 Å². The Hall–Kier alpha value is -2.38. The number of amides is 1. The number of rotatable bonds is 5. The Morgan fingerprint density at radius 1 is 1.16 bits per heavy atom. The zero-order chi connectivity index (χ0) is 17.6. The molecule has 1 aliphatic rings. The van der Waals surface area contributed by atoms with Crippen LogP contribution in [0.2, 0.25) is 5.02 Å². The van der Waals surface area contributed by atoms with E-state index in [0.717, 1.165) is 5.82 Å². The van der Waals surface area contributed by atoms with Crippen LogP contribution in [0.1, 0.15) is 0 Å². The third kappa shape index (κ3) is 4.58. The number of methoxy groups -OCH3 is 1. The number of carbonyl (C=O) groups excluding carboxylic acids is 1. The first-order valence-corrected chi connectivity index (χ1v) is 8.30. The Labute approximate surface area is 151 Å². The smallest absolute Gasteiger partial charge is 0.248 e. The fourth-order valence-corrected chi connectivity index (χ4v) is 2.71. The van der Waals surface area contributed by atoms with Gasteiger partial charge in [0.05, 0.1) is 0 Å². The van der Waals surface area contributed by atoms with Gasteiger partial charge in [-0.2, -0.15) is 0 Å². The van der Waals surface area contributed by atoms with E-state index in [2.05, 4.69) is 14.9 Å². The van der Waals surface area contributed by atoms with Gasteiger partial charge >= 0.3 is 0 Å². The van der Waals surface area contributed by atoms with Crippen LogP contribution in [0.3, 0.4) is 0 Å². The van der Waals surface area contributed by atoms with Crippen molar-refractivity contribution in [3.05, 3.63) is 41.7 Å². The molecule has 0 spiro atoms. The van der Waals surface area contributed by atoms with Crippen molar-refractivity contribution >= 4 is 23.3 Å². The summed E-state index contributed by atoms with van der Waals surface area (Å²) in [6.45, 7) is 2.80. The quantitative estimate of drug-likeness (QED) is 0.812. The summed E-state index contributed by atoms with van der Waals surface area (Å²) < 4.78 is 10.6. The maximum absolute atomic E-state index is 11.8. The minimum absolute atomic E-state index is 0.0107. The number of piperazine rings is 1. The molecule has 2 heterocycles. The molecule has 3 rings (SSSR count). The van der Waals surface area contributed by atoms with Gasteiger partial charge in [-0.3, -0.25) is 4.79 Å². The van der Waals surface area contributed by atoms with Gasteiger partial charge in [-0.25, -0.2) is 9.97 Å². The van der Waals surface area contributed by atoms with Crippen LogP contribution in [0.5, 0.6) is 11.6 Å². The first-order chi connectivity index (χ1) is 12.2. The molecular formula is C17H19ClN4O3. The largest absolute Gasteiger partial charge is 0.439 e. The highest BCUT2D eigenvalue weighted by Crippen LogP contribution is 2.24. The number of ether oxygens (including phenoxy) is 2. The monoisotopic (exact) mass is 362 g/mol. The van der Waals surface area contributed by atoms with E-state index in [1.807, 2.05) is 0 Å². The van der Waals surface area contributed by atoms with Crippen LogP contribution in [0, 0.1) is 0 Å². The highest BCUT2D eigenvalue weighted by Gasteiger charge is 2.22. The standard InChI is InChI=1S/C17H19ClN4O3/c1-24-11-17(23)22-8-6-21(7-9-22)15-10-16(20-12-19-15)25-14-4-2-13(18)3-5-14/h2-5,10,12H,6-9,11H2,1H3. The highest BCUT2D eigenvalue weighted by molar-refractivity contribution is 6.30. The Kier molecular flexibility index (Phi) is 5.67. The van der Waals surface area contributed by atoms with Crippen molar-refractivity contribution < 1.29 is 14.3 Å². The number of hydrogen-bond acceptors (Lipinski definition) is 6. The number of benzene rings is 1. The summed E-state index contributed by atoms with van der Waals surface area (Å²) >= 11 is 5.87. The molecule has 1 amide bonds. The van der Waals surface area contributed by atoms with Crippen LogP contribution in [-0.2, 0) is 9.53 Å². The summed E-state index contributed by atoms with van der Waals surface area (Å²) in [7, 11) is 1.53. The summed E-state index contributed by atoms with van der Waals surface area (Å²) in [4.78, 5) is 24.2. The fourth-order valence-electron chi connectivity index (χ4n) is 2.58. The fraction of sp³-hybridized carbons (Fsp3) is 0.353. The van der Waals surface area contributed by atoms with Gasteiger partial charge in [0.15, 0.2) is 0 Å². The van der Waals surface area contributed by atoms with Crippen LogP contribution >= 0.6 is 11.6 Å². The van der Waals surface area contributed by atoms with E-state index in [4.69, 9.17) is 21.1 Å². The number of anilines is 1. The number of halogens is 1. The highest BCUT2D eigenvalue weighted by atomic mass is 35.5. The van der Waals surface area contributed by atoms with Crippen molar-refractivity contribution in [3.63, 3.8) is 0 Å². The maximum Gasteiger partial charge on any atom is 0.248 e. The molecule has 0 N–H and O–H groups in total. The van der Waals surface area contributed by atoms with Crippen LogP contribution in [0.4, 0.5) is 5.82 Å². The van der Waals surface area contributed by atoms with Crippen molar-refractivity contribution in [2.24, 2.45) is 0 Å². The average Bonchev–Trinajstić information content (AvgIpc) is 2.64. The van der Waals surface area contributed by atoms with E-state index in [-0.39, 0.29) is 12.5 Å². The average molecular weight is 363 g/mol. The van der Waals surface area contributed by atoms with E-state index >= 15 is 0 Å². The lowest BCUT2D eigenvalue weighted by molar-refractivity contribution is -0.135. The van der Waals surface area contributed by atoms with Gasteiger partial charge in [0.2, 0.25) is 11.8 Å². The molecule has 0 radical (unpaired) electrons. The first-order valence-electron chi connectivity index (χ1n) is 7.93. The zero-order valence-electron chi connectivity index (χ0n) is 13.9. The topological polar surface area (TPSA) is 67.8 Å². The second-order valence-corrected chi connectivity index (χ2v) is 6.01. The normalized spacial score (nSPS) is 14.5. The summed E-state index contributed by atoms with van der Waals surface area (Å²) in [6.07, 6.45) is 1.48. The molecule has 132 valence electrons. The molecule has 1 aliphatic heterocycles. The Morgan fingerprint density at radius 3 is 2.56 bits per heavy atom. The summed E-state index contributed by atoms with van der Waals surface area (Å²) in [5.41, 5.74) is 0. The molecule has 25 heavy (non-hydrogen) atoms. The van der Waals surface area contributed by atoms with Crippen molar-refractivity contribution in [2.75, 3.05) is 44.8 Å².